The van der Waals surface area contributed by atoms with E-state index in [0.29, 0.717) is 6.10 Å². The van der Waals surface area contributed by atoms with Gasteiger partial charge in [0.15, 0.2) is 0 Å². The first-order chi connectivity index (χ1) is 5.86. The Morgan fingerprint density at radius 2 is 2.08 bits per heavy atom. The first-order valence-electron chi connectivity index (χ1n) is 4.05. The molecule has 0 radical (unpaired) electrons. The maximum atomic E-state index is 5.79. The minimum Gasteiger partial charge on any atom is -0.371 e. The summed E-state index contributed by atoms with van der Waals surface area (Å²) in [5, 5.41) is 1.72. The lowest BCUT2D eigenvalue weighted by atomic mass is 10.3. The van der Waals surface area contributed by atoms with Gasteiger partial charge in [-0.25, -0.2) is 5.84 Å². The van der Waals surface area contributed by atoms with Gasteiger partial charge in [-0.15, -0.1) is 0 Å². The van der Waals surface area contributed by atoms with Crippen LogP contribution in [0.5, 0.6) is 0 Å². The molecule has 1 unspecified atom stereocenters. The Bertz CT molecular complexity index is 246. The van der Waals surface area contributed by atoms with Crippen molar-refractivity contribution in [3.8, 4) is 0 Å². The SMILES string of the molecule is NN(CC1CO1)c1ccccc1. The molecule has 1 heterocycles. The molecule has 3 heteroatoms. The number of ether oxygens (including phenoxy) is 1. The zero-order chi connectivity index (χ0) is 8.39. The Hall–Kier alpha value is -1.06. The van der Waals surface area contributed by atoms with Crippen molar-refractivity contribution < 1.29 is 4.74 Å². The summed E-state index contributed by atoms with van der Waals surface area (Å²) in [6.07, 6.45) is 0.343. The molecule has 0 aromatic heterocycles. The molecule has 1 aromatic rings. The maximum absolute atomic E-state index is 5.79. The summed E-state index contributed by atoms with van der Waals surface area (Å²) in [6, 6.07) is 9.90. The van der Waals surface area contributed by atoms with Crippen LogP contribution in [0.25, 0.3) is 0 Å². The molecule has 0 aliphatic carbocycles. The molecular formula is C9H12N2O. The van der Waals surface area contributed by atoms with Crippen LogP contribution in [0.15, 0.2) is 30.3 Å². The Balaban J connectivity index is 1.98. The normalized spacial score (nSPS) is 20.6. The fourth-order valence-corrected chi connectivity index (χ4v) is 1.12. The number of nitrogens with zero attached hydrogens (tertiary/aromatic N) is 1. The summed E-state index contributed by atoms with van der Waals surface area (Å²) in [7, 11) is 0. The van der Waals surface area contributed by atoms with Crippen LogP contribution >= 0.6 is 0 Å². The van der Waals surface area contributed by atoms with Gasteiger partial charge in [-0.05, 0) is 12.1 Å². The van der Waals surface area contributed by atoms with Crippen LogP contribution in [-0.2, 0) is 4.74 Å². The number of benzene rings is 1. The highest BCUT2D eigenvalue weighted by Gasteiger charge is 2.24. The summed E-state index contributed by atoms with van der Waals surface area (Å²) in [5.74, 6) is 5.79. The predicted octanol–water partition coefficient (Wildman–Crippen LogP) is 0.765. The average Bonchev–Trinajstić information content (AvgIpc) is 2.90. The molecule has 0 bridgehead atoms. The zero-order valence-corrected chi connectivity index (χ0v) is 6.81. The topological polar surface area (TPSA) is 41.8 Å². The second kappa shape index (κ2) is 3.13. The highest BCUT2D eigenvalue weighted by molar-refractivity contribution is 5.44. The second-order valence-electron chi connectivity index (χ2n) is 2.94. The standard InChI is InChI=1S/C9H12N2O/c10-11(6-9-7-12-9)8-4-2-1-3-5-8/h1-5,9H,6-7,10H2. The summed E-state index contributed by atoms with van der Waals surface area (Å²) in [6.45, 7) is 1.63. The molecule has 0 spiro atoms. The van der Waals surface area contributed by atoms with Crippen molar-refractivity contribution in [1.82, 2.24) is 0 Å². The van der Waals surface area contributed by atoms with Gasteiger partial charge >= 0.3 is 0 Å². The van der Waals surface area contributed by atoms with Crippen LogP contribution in [0.2, 0.25) is 0 Å². The first-order valence-corrected chi connectivity index (χ1v) is 4.05. The van der Waals surface area contributed by atoms with E-state index in [1.165, 1.54) is 0 Å². The molecule has 1 aromatic carbocycles. The maximum Gasteiger partial charge on any atom is 0.0999 e. The number of hydrogen-bond acceptors (Lipinski definition) is 3. The molecule has 0 saturated carbocycles. The van der Waals surface area contributed by atoms with Gasteiger partial charge in [-0.2, -0.15) is 0 Å². The lowest BCUT2D eigenvalue weighted by Gasteiger charge is -2.16. The molecule has 64 valence electrons. The lowest BCUT2D eigenvalue weighted by Crippen LogP contribution is -2.34. The Morgan fingerprint density at radius 1 is 1.42 bits per heavy atom. The van der Waals surface area contributed by atoms with Crippen molar-refractivity contribution in [2.24, 2.45) is 5.84 Å². The van der Waals surface area contributed by atoms with Gasteiger partial charge in [0.25, 0.3) is 0 Å². The molecule has 1 aliphatic rings. The van der Waals surface area contributed by atoms with Crippen LogP contribution in [0.4, 0.5) is 5.69 Å². The van der Waals surface area contributed by atoms with Crippen molar-refractivity contribution in [2.75, 3.05) is 18.2 Å². The van der Waals surface area contributed by atoms with E-state index in [1.54, 1.807) is 5.01 Å². The number of hydrogen-bond donors (Lipinski definition) is 1. The summed E-state index contributed by atoms with van der Waals surface area (Å²) in [5.41, 5.74) is 1.04. The fraction of sp³-hybridized carbons (Fsp3) is 0.333. The predicted molar refractivity (Wildman–Crippen MR) is 47.7 cm³/mol. The molecule has 2 rings (SSSR count). The van der Waals surface area contributed by atoms with Crippen molar-refractivity contribution in [1.29, 1.82) is 0 Å². The van der Waals surface area contributed by atoms with E-state index in [1.807, 2.05) is 30.3 Å². The molecular weight excluding hydrogens is 152 g/mol. The van der Waals surface area contributed by atoms with Crippen molar-refractivity contribution in [3.05, 3.63) is 30.3 Å². The van der Waals surface area contributed by atoms with Gasteiger partial charge in [-0.3, -0.25) is 0 Å². The summed E-state index contributed by atoms with van der Waals surface area (Å²) < 4.78 is 5.08. The average molecular weight is 164 g/mol. The van der Waals surface area contributed by atoms with Crippen LogP contribution in [0.1, 0.15) is 0 Å². The van der Waals surface area contributed by atoms with Crippen LogP contribution in [0.3, 0.4) is 0 Å². The number of nitrogens with two attached hydrogens (primary N) is 1. The number of hydrazine groups is 1. The Labute approximate surface area is 71.7 Å². The van der Waals surface area contributed by atoms with E-state index in [2.05, 4.69) is 0 Å². The summed E-state index contributed by atoms with van der Waals surface area (Å²) >= 11 is 0. The van der Waals surface area contributed by atoms with Crippen LogP contribution < -0.4 is 10.9 Å². The number of rotatable bonds is 3. The summed E-state index contributed by atoms with van der Waals surface area (Å²) in [4.78, 5) is 0. The highest BCUT2D eigenvalue weighted by atomic mass is 16.6. The Morgan fingerprint density at radius 3 is 2.67 bits per heavy atom. The quantitative estimate of drug-likeness (QED) is 0.407. The van der Waals surface area contributed by atoms with Crippen molar-refractivity contribution in [3.63, 3.8) is 0 Å². The molecule has 12 heavy (non-hydrogen) atoms. The minimum absolute atomic E-state index is 0.343. The molecule has 2 N–H and O–H groups in total. The number of para-hydroxylation sites is 1. The Kier molecular flexibility index (Phi) is 1.98. The molecule has 1 fully saturated rings. The molecule has 3 nitrogen and oxygen atoms in total. The van der Waals surface area contributed by atoms with E-state index in [4.69, 9.17) is 10.6 Å². The van der Waals surface area contributed by atoms with Gasteiger partial charge in [0.1, 0.15) is 0 Å². The first kappa shape index (κ1) is 7.58. The third-order valence-electron chi connectivity index (χ3n) is 1.89. The largest absolute Gasteiger partial charge is 0.371 e. The molecule has 1 aliphatic heterocycles. The van der Waals surface area contributed by atoms with E-state index < -0.39 is 0 Å². The van der Waals surface area contributed by atoms with Crippen molar-refractivity contribution >= 4 is 5.69 Å². The van der Waals surface area contributed by atoms with Gasteiger partial charge < -0.3 is 9.75 Å². The monoisotopic (exact) mass is 164 g/mol. The van der Waals surface area contributed by atoms with E-state index in [9.17, 15) is 0 Å². The number of anilines is 1. The zero-order valence-electron chi connectivity index (χ0n) is 6.81. The van der Waals surface area contributed by atoms with Gasteiger partial charge in [0, 0.05) is 0 Å². The van der Waals surface area contributed by atoms with E-state index >= 15 is 0 Å². The van der Waals surface area contributed by atoms with Crippen molar-refractivity contribution in [2.45, 2.75) is 6.10 Å². The third-order valence-corrected chi connectivity index (χ3v) is 1.89. The van der Waals surface area contributed by atoms with Gasteiger partial charge in [0.2, 0.25) is 0 Å². The number of epoxide rings is 1. The third kappa shape index (κ3) is 1.75. The lowest BCUT2D eigenvalue weighted by molar-refractivity contribution is 0.408. The smallest absolute Gasteiger partial charge is 0.0999 e. The highest BCUT2D eigenvalue weighted by Crippen LogP contribution is 2.14. The van der Waals surface area contributed by atoms with E-state index in [-0.39, 0.29) is 0 Å². The fourth-order valence-electron chi connectivity index (χ4n) is 1.12. The van der Waals surface area contributed by atoms with Gasteiger partial charge in [-0.1, -0.05) is 18.2 Å². The van der Waals surface area contributed by atoms with Crippen LogP contribution in [0, 0.1) is 0 Å². The molecule has 1 saturated heterocycles. The van der Waals surface area contributed by atoms with E-state index in [0.717, 1.165) is 18.8 Å². The van der Waals surface area contributed by atoms with Crippen LogP contribution in [-0.4, -0.2) is 19.3 Å². The molecule has 1 atom stereocenters. The molecule has 0 amide bonds. The minimum atomic E-state index is 0.343. The van der Waals surface area contributed by atoms with Gasteiger partial charge in [0.05, 0.1) is 24.9 Å². The second-order valence-corrected chi connectivity index (χ2v) is 2.94.